The minimum atomic E-state index is -0.302. The van der Waals surface area contributed by atoms with Crippen LogP contribution in [0.3, 0.4) is 0 Å². The van der Waals surface area contributed by atoms with Crippen molar-refractivity contribution in [3.8, 4) is 5.69 Å². The fourth-order valence-electron chi connectivity index (χ4n) is 3.69. The number of benzene rings is 1. The number of hydrogen-bond donors (Lipinski definition) is 0. The molecule has 0 aliphatic carbocycles. The monoisotopic (exact) mass is 406 g/mol. The largest absolute Gasteiger partial charge is 0.459 e. The summed E-state index contributed by atoms with van der Waals surface area (Å²) < 4.78 is 20.2. The second-order valence-electron chi connectivity index (χ2n) is 7.12. The number of fused-ring (bicyclic) bond motifs is 1. The number of amides is 1. The van der Waals surface area contributed by atoms with Gasteiger partial charge in [-0.3, -0.25) is 4.79 Å². The maximum Gasteiger partial charge on any atom is 0.289 e. The van der Waals surface area contributed by atoms with Gasteiger partial charge in [0, 0.05) is 26.2 Å². The summed E-state index contributed by atoms with van der Waals surface area (Å²) in [6, 6.07) is 9.51. The Morgan fingerprint density at radius 3 is 2.53 bits per heavy atom. The first kappa shape index (κ1) is 18.3. The van der Waals surface area contributed by atoms with Crippen molar-refractivity contribution < 1.29 is 13.6 Å². The molecule has 1 amide bonds. The summed E-state index contributed by atoms with van der Waals surface area (Å²) in [6.45, 7) is 4.24. The highest BCUT2D eigenvalue weighted by atomic mass is 19.1. The molecule has 1 saturated heterocycles. The Bertz CT molecular complexity index is 1190. The van der Waals surface area contributed by atoms with Crippen LogP contribution in [0.15, 0.2) is 53.3 Å². The zero-order valence-electron chi connectivity index (χ0n) is 16.3. The molecule has 1 aliphatic rings. The minimum Gasteiger partial charge on any atom is -0.459 e. The first-order chi connectivity index (χ1) is 14.6. The zero-order chi connectivity index (χ0) is 20.7. The highest BCUT2D eigenvalue weighted by Gasteiger charge is 2.26. The third-order valence-corrected chi connectivity index (χ3v) is 5.19. The molecule has 0 atom stereocenters. The van der Waals surface area contributed by atoms with Crippen LogP contribution in [-0.2, 0) is 0 Å². The summed E-state index contributed by atoms with van der Waals surface area (Å²) >= 11 is 0. The lowest BCUT2D eigenvalue weighted by Crippen LogP contribution is -2.49. The summed E-state index contributed by atoms with van der Waals surface area (Å²) in [4.78, 5) is 25.6. The average Bonchev–Trinajstić information content (AvgIpc) is 3.44. The van der Waals surface area contributed by atoms with Crippen molar-refractivity contribution in [3.05, 3.63) is 66.3 Å². The molecule has 0 unspecified atom stereocenters. The average molecular weight is 406 g/mol. The Kier molecular flexibility index (Phi) is 4.42. The van der Waals surface area contributed by atoms with E-state index in [-0.39, 0.29) is 11.7 Å². The maximum absolute atomic E-state index is 13.3. The van der Waals surface area contributed by atoms with E-state index in [9.17, 15) is 9.18 Å². The Morgan fingerprint density at radius 1 is 1.07 bits per heavy atom. The molecule has 0 radical (unpaired) electrons. The van der Waals surface area contributed by atoms with Gasteiger partial charge in [-0.1, -0.05) is 0 Å². The lowest BCUT2D eigenvalue weighted by Gasteiger charge is -2.35. The number of aryl methyl sites for hydroxylation is 1. The lowest BCUT2D eigenvalue weighted by molar-refractivity contribution is 0.0714. The molecule has 3 aromatic heterocycles. The number of carbonyl (C=O) groups is 1. The van der Waals surface area contributed by atoms with Gasteiger partial charge in [-0.25, -0.2) is 19.0 Å². The van der Waals surface area contributed by atoms with Crippen molar-refractivity contribution in [2.45, 2.75) is 6.92 Å². The van der Waals surface area contributed by atoms with E-state index in [1.54, 1.807) is 40.0 Å². The molecule has 4 aromatic rings. The first-order valence-corrected chi connectivity index (χ1v) is 9.66. The molecule has 0 saturated carbocycles. The van der Waals surface area contributed by atoms with Crippen molar-refractivity contribution in [1.82, 2.24) is 24.6 Å². The number of furan rings is 1. The van der Waals surface area contributed by atoms with Crippen molar-refractivity contribution in [1.29, 1.82) is 0 Å². The smallest absolute Gasteiger partial charge is 0.289 e. The van der Waals surface area contributed by atoms with Crippen molar-refractivity contribution in [3.63, 3.8) is 0 Å². The summed E-state index contributed by atoms with van der Waals surface area (Å²) in [5.74, 6) is 1.35. The first-order valence-electron chi connectivity index (χ1n) is 9.66. The van der Waals surface area contributed by atoms with E-state index >= 15 is 0 Å². The van der Waals surface area contributed by atoms with E-state index in [4.69, 9.17) is 4.42 Å². The molecule has 0 spiro atoms. The normalized spacial score (nSPS) is 14.5. The van der Waals surface area contributed by atoms with E-state index in [0.717, 1.165) is 16.9 Å². The van der Waals surface area contributed by atoms with Crippen LogP contribution in [-0.4, -0.2) is 56.7 Å². The summed E-state index contributed by atoms with van der Waals surface area (Å²) in [5.41, 5.74) is 1.39. The Labute approximate surface area is 171 Å². The van der Waals surface area contributed by atoms with Gasteiger partial charge in [0.1, 0.15) is 17.5 Å². The fourth-order valence-corrected chi connectivity index (χ4v) is 3.69. The molecule has 30 heavy (non-hydrogen) atoms. The van der Waals surface area contributed by atoms with Crippen LogP contribution in [0.1, 0.15) is 16.4 Å². The molecule has 152 valence electrons. The van der Waals surface area contributed by atoms with Gasteiger partial charge in [0.15, 0.2) is 11.4 Å². The molecular weight excluding hydrogens is 387 g/mol. The van der Waals surface area contributed by atoms with E-state index < -0.39 is 0 Å². The molecule has 0 bridgehead atoms. The van der Waals surface area contributed by atoms with Crippen LogP contribution in [0.25, 0.3) is 16.7 Å². The molecule has 1 aliphatic heterocycles. The Hall–Kier alpha value is -3.75. The number of piperazine rings is 1. The van der Waals surface area contributed by atoms with Gasteiger partial charge in [0.05, 0.1) is 23.5 Å². The van der Waals surface area contributed by atoms with Crippen LogP contribution >= 0.6 is 0 Å². The van der Waals surface area contributed by atoms with Crippen molar-refractivity contribution in [2.75, 3.05) is 31.1 Å². The third-order valence-electron chi connectivity index (χ3n) is 5.19. The van der Waals surface area contributed by atoms with E-state index in [1.165, 1.54) is 18.4 Å². The predicted octanol–water partition coefficient (Wildman–Crippen LogP) is 2.82. The van der Waals surface area contributed by atoms with Gasteiger partial charge >= 0.3 is 0 Å². The molecular formula is C21H19FN6O2. The number of hydrogen-bond acceptors (Lipinski definition) is 6. The third kappa shape index (κ3) is 3.18. The lowest BCUT2D eigenvalue weighted by atomic mass is 10.2. The minimum absolute atomic E-state index is 0.104. The fraction of sp³-hybridized carbons (Fsp3) is 0.238. The quantitative estimate of drug-likeness (QED) is 0.521. The molecule has 1 fully saturated rings. The van der Waals surface area contributed by atoms with E-state index in [1.807, 2.05) is 6.92 Å². The van der Waals surface area contributed by atoms with Crippen LogP contribution in [0, 0.1) is 12.7 Å². The van der Waals surface area contributed by atoms with Gasteiger partial charge in [-0.15, -0.1) is 0 Å². The summed E-state index contributed by atoms with van der Waals surface area (Å²) in [5, 5.41) is 5.27. The van der Waals surface area contributed by atoms with E-state index in [0.29, 0.717) is 43.4 Å². The standard InChI is InChI=1S/C21H19FN6O2/c1-14-24-19(26-8-10-27(11-9-26)21(29)18-3-2-12-30-18)17-13-23-28(20(17)25-14)16-6-4-15(22)5-7-16/h2-7,12-13H,8-11H2,1H3. The maximum atomic E-state index is 13.3. The molecule has 0 N–H and O–H groups in total. The highest BCUT2D eigenvalue weighted by molar-refractivity contribution is 5.92. The van der Waals surface area contributed by atoms with Crippen LogP contribution in [0.2, 0.25) is 0 Å². The number of carbonyl (C=O) groups excluding carboxylic acids is 1. The Balaban J connectivity index is 1.43. The second-order valence-corrected chi connectivity index (χ2v) is 7.12. The predicted molar refractivity (Wildman–Crippen MR) is 108 cm³/mol. The van der Waals surface area contributed by atoms with Crippen molar-refractivity contribution in [2.24, 2.45) is 0 Å². The summed E-state index contributed by atoms with van der Waals surface area (Å²) in [7, 11) is 0. The van der Waals surface area contributed by atoms with E-state index in [2.05, 4.69) is 20.0 Å². The number of nitrogens with zero attached hydrogens (tertiary/aromatic N) is 6. The topological polar surface area (TPSA) is 80.3 Å². The van der Waals surface area contributed by atoms with Gasteiger partial charge in [0.25, 0.3) is 5.91 Å². The van der Waals surface area contributed by atoms with Gasteiger partial charge in [0.2, 0.25) is 0 Å². The van der Waals surface area contributed by atoms with Crippen LogP contribution < -0.4 is 4.90 Å². The SMILES string of the molecule is Cc1nc(N2CCN(C(=O)c3ccco3)CC2)c2cnn(-c3ccc(F)cc3)c2n1. The molecule has 9 heteroatoms. The van der Waals surface area contributed by atoms with Crippen LogP contribution in [0.5, 0.6) is 0 Å². The summed E-state index contributed by atoms with van der Waals surface area (Å²) in [6.07, 6.45) is 3.23. The molecule has 5 rings (SSSR count). The van der Waals surface area contributed by atoms with Crippen molar-refractivity contribution >= 4 is 22.8 Å². The zero-order valence-corrected chi connectivity index (χ0v) is 16.3. The number of halogens is 1. The van der Waals surface area contributed by atoms with Crippen LogP contribution in [0.4, 0.5) is 10.2 Å². The number of anilines is 1. The highest BCUT2D eigenvalue weighted by Crippen LogP contribution is 2.27. The second kappa shape index (κ2) is 7.25. The van der Waals surface area contributed by atoms with Gasteiger partial charge in [-0.05, 0) is 43.3 Å². The van der Waals surface area contributed by atoms with Gasteiger partial charge < -0.3 is 14.2 Å². The Morgan fingerprint density at radius 2 is 1.83 bits per heavy atom. The number of aromatic nitrogens is 4. The van der Waals surface area contributed by atoms with Gasteiger partial charge in [-0.2, -0.15) is 5.10 Å². The molecule has 8 nitrogen and oxygen atoms in total. The molecule has 4 heterocycles. The molecule has 1 aromatic carbocycles. The number of rotatable bonds is 3.